The van der Waals surface area contributed by atoms with Crippen molar-refractivity contribution in [2.75, 3.05) is 14.1 Å². The smallest absolute Gasteiger partial charge is 0.259 e. The zero-order chi connectivity index (χ0) is 22.0. The van der Waals surface area contributed by atoms with Crippen molar-refractivity contribution in [1.29, 1.82) is 0 Å². The highest BCUT2D eigenvalue weighted by Gasteiger charge is 2.24. The minimum Gasteiger partial charge on any atom is -0.309 e. The lowest BCUT2D eigenvalue weighted by atomic mass is 10.2. The van der Waals surface area contributed by atoms with E-state index < -0.39 is 0 Å². The number of rotatable bonds is 9. The normalized spacial score (nSPS) is 14.0. The summed E-state index contributed by atoms with van der Waals surface area (Å²) in [7, 11) is 4.16. The highest BCUT2D eigenvalue weighted by Crippen LogP contribution is 2.35. The van der Waals surface area contributed by atoms with Gasteiger partial charge in [-0.05, 0) is 53.3 Å². The third-order valence-electron chi connectivity index (χ3n) is 5.51. The minimum absolute atomic E-state index is 0.0401. The first kappa shape index (κ1) is 23.0. The zero-order valence-electron chi connectivity index (χ0n) is 18.9. The van der Waals surface area contributed by atoms with Crippen LogP contribution < -0.4 is 5.56 Å². The number of aromatic amines is 1. The molecule has 0 spiro atoms. The number of thiophene rings is 1. The summed E-state index contributed by atoms with van der Waals surface area (Å²) in [6, 6.07) is 0.227. The molecule has 2 atom stereocenters. The third kappa shape index (κ3) is 4.48. The molecule has 0 aliphatic heterocycles. The van der Waals surface area contributed by atoms with Crippen molar-refractivity contribution in [1.82, 2.24) is 29.6 Å². The quantitative estimate of drug-likeness (QED) is 0.471. The number of H-pyrrole nitrogens is 1. The Balaban J connectivity index is 1.94. The van der Waals surface area contributed by atoms with Crippen LogP contribution >= 0.6 is 23.1 Å². The maximum Gasteiger partial charge on any atom is 0.259 e. The van der Waals surface area contributed by atoms with Gasteiger partial charge >= 0.3 is 0 Å². The van der Waals surface area contributed by atoms with Crippen molar-refractivity contribution in [3.8, 4) is 0 Å². The van der Waals surface area contributed by atoms with Crippen molar-refractivity contribution in [3.05, 3.63) is 32.4 Å². The fraction of sp³-hybridized carbons (Fsp3) is 0.619. The molecular formula is C21H32N6OS2. The number of hydrogen-bond donors (Lipinski definition) is 1. The van der Waals surface area contributed by atoms with Gasteiger partial charge in [0.25, 0.3) is 5.56 Å². The first-order chi connectivity index (χ1) is 14.3. The second-order valence-corrected chi connectivity index (χ2v) is 10.4. The Labute approximate surface area is 186 Å². The van der Waals surface area contributed by atoms with E-state index in [-0.39, 0.29) is 16.9 Å². The number of nitrogens with one attached hydrogen (secondary N) is 1. The van der Waals surface area contributed by atoms with E-state index in [1.807, 2.05) is 13.8 Å². The Morgan fingerprint density at radius 3 is 2.60 bits per heavy atom. The molecule has 3 heterocycles. The van der Waals surface area contributed by atoms with Crippen LogP contribution in [0.1, 0.15) is 73.4 Å². The van der Waals surface area contributed by atoms with Crippen LogP contribution in [-0.2, 0) is 6.54 Å². The molecule has 1 N–H and O–H groups in total. The lowest BCUT2D eigenvalue weighted by Gasteiger charge is -2.23. The largest absolute Gasteiger partial charge is 0.309 e. The van der Waals surface area contributed by atoms with Crippen LogP contribution in [0.25, 0.3) is 10.2 Å². The second-order valence-electron chi connectivity index (χ2n) is 7.91. The number of aromatic nitrogens is 5. The first-order valence-electron chi connectivity index (χ1n) is 10.5. The summed E-state index contributed by atoms with van der Waals surface area (Å²) in [5.74, 6) is 1.69. The van der Waals surface area contributed by atoms with Gasteiger partial charge in [0.2, 0.25) is 0 Å². The number of fused-ring (bicyclic) bond motifs is 1. The van der Waals surface area contributed by atoms with E-state index >= 15 is 0 Å². The van der Waals surface area contributed by atoms with Gasteiger partial charge in [0.1, 0.15) is 10.7 Å². The molecule has 9 heteroatoms. The van der Waals surface area contributed by atoms with Gasteiger partial charge in [-0.15, -0.1) is 21.5 Å². The number of unbranched alkanes of at least 4 members (excludes halogenated alkanes) is 1. The fourth-order valence-electron chi connectivity index (χ4n) is 3.62. The molecule has 30 heavy (non-hydrogen) atoms. The molecule has 0 saturated heterocycles. The minimum atomic E-state index is -0.0592. The molecular weight excluding hydrogens is 416 g/mol. The monoisotopic (exact) mass is 448 g/mol. The van der Waals surface area contributed by atoms with E-state index in [0.29, 0.717) is 11.2 Å². The van der Waals surface area contributed by atoms with Crippen LogP contribution in [-0.4, -0.2) is 43.7 Å². The molecule has 0 radical (unpaired) electrons. The van der Waals surface area contributed by atoms with Gasteiger partial charge in [-0.2, -0.15) is 0 Å². The molecule has 0 aliphatic carbocycles. The van der Waals surface area contributed by atoms with Crippen LogP contribution in [0.3, 0.4) is 0 Å². The predicted octanol–water partition coefficient (Wildman–Crippen LogP) is 4.86. The molecule has 0 saturated carbocycles. The Hall–Kier alpha value is -1.71. The molecule has 0 fully saturated rings. The number of aryl methyl sites for hydroxylation is 2. The Bertz CT molecular complexity index is 1070. The van der Waals surface area contributed by atoms with Gasteiger partial charge in [0, 0.05) is 11.4 Å². The molecule has 0 amide bonds. The summed E-state index contributed by atoms with van der Waals surface area (Å²) >= 11 is 3.19. The molecule has 3 aromatic rings. The average molecular weight is 449 g/mol. The Morgan fingerprint density at radius 2 is 1.97 bits per heavy atom. The summed E-state index contributed by atoms with van der Waals surface area (Å²) in [4.78, 5) is 24.6. The van der Waals surface area contributed by atoms with Crippen LogP contribution in [0.15, 0.2) is 9.95 Å². The number of nitrogens with zero attached hydrogens (tertiary/aromatic N) is 5. The van der Waals surface area contributed by atoms with Crippen molar-refractivity contribution < 1.29 is 0 Å². The van der Waals surface area contributed by atoms with Crippen LogP contribution in [0.5, 0.6) is 0 Å². The molecule has 2 unspecified atom stereocenters. The standard InChI is InChI=1S/C21H32N6OS2/c1-8-10-11-27-18(15(9-2)26(6)7)24-25-21(27)30-14(5)17-22-19(28)16-12(3)13(4)29-20(16)23-17/h14-15H,8-11H2,1-7H3,(H,22,23,28). The summed E-state index contributed by atoms with van der Waals surface area (Å²) in [6.07, 6.45) is 3.16. The molecule has 0 bridgehead atoms. The van der Waals surface area contributed by atoms with Crippen molar-refractivity contribution >= 4 is 33.3 Å². The number of thioether (sulfide) groups is 1. The van der Waals surface area contributed by atoms with Gasteiger partial charge < -0.3 is 9.55 Å². The van der Waals surface area contributed by atoms with Gasteiger partial charge in [0.05, 0.1) is 16.7 Å². The molecule has 3 aromatic heterocycles. The SMILES string of the molecule is CCCCn1c(SC(C)c2nc3sc(C)c(C)c3c(=O)[nH]2)nnc1C(CC)N(C)C. The molecule has 0 aliphatic rings. The lowest BCUT2D eigenvalue weighted by Crippen LogP contribution is -2.23. The molecule has 164 valence electrons. The lowest BCUT2D eigenvalue weighted by molar-refractivity contribution is 0.270. The number of hydrogen-bond acceptors (Lipinski definition) is 7. The average Bonchev–Trinajstić information content (AvgIpc) is 3.21. The summed E-state index contributed by atoms with van der Waals surface area (Å²) in [6.45, 7) is 11.3. The zero-order valence-corrected chi connectivity index (χ0v) is 20.6. The van der Waals surface area contributed by atoms with Crippen LogP contribution in [0.4, 0.5) is 0 Å². The van der Waals surface area contributed by atoms with E-state index in [4.69, 9.17) is 4.98 Å². The summed E-state index contributed by atoms with van der Waals surface area (Å²) < 4.78 is 2.24. The summed E-state index contributed by atoms with van der Waals surface area (Å²) in [5, 5.41) is 10.6. The Morgan fingerprint density at radius 1 is 1.23 bits per heavy atom. The highest BCUT2D eigenvalue weighted by atomic mass is 32.2. The van der Waals surface area contributed by atoms with E-state index in [1.165, 1.54) is 0 Å². The van der Waals surface area contributed by atoms with Crippen molar-refractivity contribution in [2.45, 2.75) is 76.9 Å². The van der Waals surface area contributed by atoms with Gasteiger partial charge in [-0.25, -0.2) is 4.98 Å². The topological polar surface area (TPSA) is 79.7 Å². The predicted molar refractivity (Wildman–Crippen MR) is 126 cm³/mol. The second kappa shape index (κ2) is 9.62. The van der Waals surface area contributed by atoms with Gasteiger partial charge in [0.15, 0.2) is 11.0 Å². The maximum atomic E-state index is 12.7. The van der Waals surface area contributed by atoms with Crippen LogP contribution in [0, 0.1) is 13.8 Å². The van der Waals surface area contributed by atoms with E-state index in [9.17, 15) is 4.79 Å². The van der Waals surface area contributed by atoms with Crippen LogP contribution in [0.2, 0.25) is 0 Å². The first-order valence-corrected chi connectivity index (χ1v) is 12.2. The van der Waals surface area contributed by atoms with E-state index in [2.05, 4.69) is 59.5 Å². The highest BCUT2D eigenvalue weighted by molar-refractivity contribution is 7.99. The third-order valence-corrected chi connectivity index (χ3v) is 7.70. The van der Waals surface area contributed by atoms with Gasteiger partial charge in [-0.1, -0.05) is 32.0 Å². The molecule has 0 aromatic carbocycles. The maximum absolute atomic E-state index is 12.7. The fourth-order valence-corrected chi connectivity index (χ4v) is 5.59. The van der Waals surface area contributed by atoms with E-state index in [1.54, 1.807) is 23.1 Å². The van der Waals surface area contributed by atoms with E-state index in [0.717, 1.165) is 52.1 Å². The van der Waals surface area contributed by atoms with Crippen molar-refractivity contribution in [2.24, 2.45) is 0 Å². The molecule has 3 rings (SSSR count). The summed E-state index contributed by atoms with van der Waals surface area (Å²) in [5.41, 5.74) is 0.963. The molecule has 7 nitrogen and oxygen atoms in total. The van der Waals surface area contributed by atoms with Gasteiger partial charge in [-0.3, -0.25) is 9.69 Å². The Kier molecular flexibility index (Phi) is 7.36. The van der Waals surface area contributed by atoms with Crippen molar-refractivity contribution in [3.63, 3.8) is 0 Å².